The summed E-state index contributed by atoms with van der Waals surface area (Å²) in [5.74, 6) is 0.798. The van der Waals surface area contributed by atoms with Crippen LogP contribution in [0.5, 0.6) is 5.75 Å². The summed E-state index contributed by atoms with van der Waals surface area (Å²) >= 11 is 0. The van der Waals surface area contributed by atoms with Gasteiger partial charge >= 0.3 is 0 Å². The van der Waals surface area contributed by atoms with Crippen molar-refractivity contribution in [1.29, 1.82) is 0 Å². The average Bonchev–Trinajstić information content (AvgIpc) is 2.73. The van der Waals surface area contributed by atoms with E-state index in [2.05, 4.69) is 4.90 Å². The lowest BCUT2D eigenvalue weighted by Gasteiger charge is -2.32. The first kappa shape index (κ1) is 16.6. The Morgan fingerprint density at radius 1 is 1.00 bits per heavy atom. The van der Waals surface area contributed by atoms with Crippen LogP contribution in [0.4, 0.5) is 11.4 Å². The third kappa shape index (κ3) is 3.17. The number of carbonyl (C=O) groups excluding carboxylic acids is 2. The van der Waals surface area contributed by atoms with Gasteiger partial charge in [-0.1, -0.05) is 12.1 Å². The van der Waals surface area contributed by atoms with E-state index < -0.39 is 0 Å². The summed E-state index contributed by atoms with van der Waals surface area (Å²) in [6.07, 6.45) is 4.21. The minimum atomic E-state index is 0.0798. The highest BCUT2D eigenvalue weighted by Gasteiger charge is 2.23. The van der Waals surface area contributed by atoms with Crippen LogP contribution in [0.1, 0.15) is 40.0 Å². The fourth-order valence-electron chi connectivity index (χ4n) is 3.67. The lowest BCUT2D eigenvalue weighted by atomic mass is 10.1. The summed E-state index contributed by atoms with van der Waals surface area (Å²) in [5, 5.41) is 0. The van der Waals surface area contributed by atoms with Crippen LogP contribution in [0.25, 0.3) is 0 Å². The predicted molar refractivity (Wildman–Crippen MR) is 101 cm³/mol. The Kier molecular flexibility index (Phi) is 4.61. The maximum atomic E-state index is 12.7. The largest absolute Gasteiger partial charge is 0.490 e. The van der Waals surface area contributed by atoms with E-state index >= 15 is 0 Å². The van der Waals surface area contributed by atoms with Crippen molar-refractivity contribution < 1.29 is 14.3 Å². The molecule has 0 atom stereocenters. The molecule has 0 saturated carbocycles. The highest BCUT2D eigenvalue weighted by molar-refractivity contribution is 5.95. The van der Waals surface area contributed by atoms with Gasteiger partial charge in [-0.15, -0.1) is 0 Å². The van der Waals surface area contributed by atoms with Gasteiger partial charge in [0.1, 0.15) is 18.6 Å². The van der Waals surface area contributed by atoms with Crippen LogP contribution >= 0.6 is 0 Å². The molecule has 2 aliphatic heterocycles. The number of benzene rings is 2. The zero-order valence-electron chi connectivity index (χ0n) is 14.7. The first-order valence-corrected chi connectivity index (χ1v) is 9.15. The second kappa shape index (κ2) is 7.20. The first-order chi connectivity index (χ1) is 12.8. The predicted octanol–water partition coefficient (Wildman–Crippen LogP) is 3.66. The number of anilines is 2. The van der Waals surface area contributed by atoms with Crippen LogP contribution in [0.3, 0.4) is 0 Å². The quantitative estimate of drug-likeness (QED) is 0.793. The van der Waals surface area contributed by atoms with Gasteiger partial charge in [-0.3, -0.25) is 9.59 Å². The molecule has 5 nitrogen and oxygen atoms in total. The number of hydrogen-bond acceptors (Lipinski definition) is 4. The number of nitrogens with zero attached hydrogens (tertiary/aromatic N) is 2. The number of carbonyl (C=O) groups is 2. The van der Waals surface area contributed by atoms with Gasteiger partial charge in [0.05, 0.1) is 12.2 Å². The summed E-state index contributed by atoms with van der Waals surface area (Å²) in [4.78, 5) is 27.9. The van der Waals surface area contributed by atoms with E-state index in [1.54, 1.807) is 6.07 Å². The van der Waals surface area contributed by atoms with Crippen LogP contribution in [0.15, 0.2) is 42.5 Å². The summed E-state index contributed by atoms with van der Waals surface area (Å²) in [6.45, 7) is 2.91. The molecule has 0 aromatic heterocycles. The number of piperidine rings is 1. The molecule has 2 aliphatic rings. The lowest BCUT2D eigenvalue weighted by molar-refractivity contribution is 0.0723. The molecule has 4 rings (SSSR count). The van der Waals surface area contributed by atoms with E-state index in [0.717, 1.165) is 49.3 Å². The number of amides is 1. The van der Waals surface area contributed by atoms with Crippen LogP contribution in [0, 0.1) is 0 Å². The summed E-state index contributed by atoms with van der Waals surface area (Å²) < 4.78 is 5.83. The number of rotatable bonds is 3. The highest BCUT2D eigenvalue weighted by Crippen LogP contribution is 2.37. The van der Waals surface area contributed by atoms with Gasteiger partial charge in [-0.2, -0.15) is 0 Å². The molecular formula is C21H22N2O3. The van der Waals surface area contributed by atoms with Gasteiger partial charge in [0.2, 0.25) is 0 Å². The second-order valence-electron chi connectivity index (χ2n) is 6.75. The average molecular weight is 350 g/mol. The summed E-state index contributed by atoms with van der Waals surface area (Å²) in [7, 11) is 0. The number of likely N-dealkylation sites (tertiary alicyclic amines) is 1. The smallest absolute Gasteiger partial charge is 0.253 e. The van der Waals surface area contributed by atoms with Gasteiger partial charge < -0.3 is 14.5 Å². The van der Waals surface area contributed by atoms with Gasteiger partial charge in [-0.05, 0) is 49.6 Å². The van der Waals surface area contributed by atoms with Crippen molar-refractivity contribution in [1.82, 2.24) is 4.90 Å². The Bertz CT molecular complexity index is 828. The van der Waals surface area contributed by atoms with Crippen molar-refractivity contribution in [2.45, 2.75) is 19.3 Å². The van der Waals surface area contributed by atoms with E-state index in [-0.39, 0.29) is 5.91 Å². The van der Waals surface area contributed by atoms with Gasteiger partial charge in [-0.25, -0.2) is 0 Å². The molecule has 0 aliphatic carbocycles. The van der Waals surface area contributed by atoms with Crippen LogP contribution in [-0.2, 0) is 0 Å². The number of aldehydes is 1. The Hall–Kier alpha value is -2.82. The molecule has 2 aromatic carbocycles. The molecule has 0 spiro atoms. The van der Waals surface area contributed by atoms with Crippen LogP contribution < -0.4 is 9.64 Å². The Labute approximate surface area is 153 Å². The molecule has 2 aromatic rings. The van der Waals surface area contributed by atoms with Crippen molar-refractivity contribution in [3.63, 3.8) is 0 Å². The molecule has 0 unspecified atom stereocenters. The molecular weight excluding hydrogens is 328 g/mol. The number of ether oxygens (including phenoxy) is 1. The van der Waals surface area contributed by atoms with E-state index in [1.807, 2.05) is 41.3 Å². The fourth-order valence-corrected chi connectivity index (χ4v) is 3.67. The zero-order valence-corrected chi connectivity index (χ0v) is 14.7. The van der Waals surface area contributed by atoms with Crippen molar-refractivity contribution in [3.8, 4) is 5.75 Å². The van der Waals surface area contributed by atoms with Gasteiger partial charge in [0.15, 0.2) is 0 Å². The maximum Gasteiger partial charge on any atom is 0.253 e. The molecule has 134 valence electrons. The molecule has 1 fully saturated rings. The standard InChI is InChI=1S/C21H22N2O3/c24-15-16-5-4-6-18(13-16)23-11-12-26-20-14-17(7-8-19(20)23)21(25)22-9-2-1-3-10-22/h4-8,13-15H,1-3,9-12H2. The second-order valence-corrected chi connectivity index (χ2v) is 6.75. The van der Waals surface area contributed by atoms with Gasteiger partial charge in [0, 0.05) is 29.9 Å². The summed E-state index contributed by atoms with van der Waals surface area (Å²) in [5.41, 5.74) is 3.20. The topological polar surface area (TPSA) is 49.9 Å². The van der Waals surface area contributed by atoms with Crippen LogP contribution in [0.2, 0.25) is 0 Å². The molecule has 0 radical (unpaired) electrons. The van der Waals surface area contributed by atoms with E-state index in [1.165, 1.54) is 6.42 Å². The minimum Gasteiger partial charge on any atom is -0.490 e. The highest BCUT2D eigenvalue weighted by atomic mass is 16.5. The number of hydrogen-bond donors (Lipinski definition) is 0. The first-order valence-electron chi connectivity index (χ1n) is 9.15. The minimum absolute atomic E-state index is 0.0798. The SMILES string of the molecule is O=Cc1cccc(N2CCOc3cc(C(=O)N4CCCCC4)ccc32)c1. The normalized spacial score (nSPS) is 16.6. The lowest BCUT2D eigenvalue weighted by Crippen LogP contribution is -2.35. The molecule has 26 heavy (non-hydrogen) atoms. The third-order valence-electron chi connectivity index (χ3n) is 5.03. The van der Waals surface area contributed by atoms with Crippen molar-refractivity contribution in [3.05, 3.63) is 53.6 Å². The van der Waals surface area contributed by atoms with Crippen molar-refractivity contribution in [2.24, 2.45) is 0 Å². The Morgan fingerprint density at radius 2 is 1.85 bits per heavy atom. The fraction of sp³-hybridized carbons (Fsp3) is 0.333. The van der Waals surface area contributed by atoms with E-state index in [0.29, 0.717) is 24.3 Å². The van der Waals surface area contributed by atoms with E-state index in [4.69, 9.17) is 4.74 Å². The monoisotopic (exact) mass is 350 g/mol. The van der Waals surface area contributed by atoms with Crippen molar-refractivity contribution in [2.75, 3.05) is 31.1 Å². The molecule has 2 heterocycles. The van der Waals surface area contributed by atoms with Crippen LogP contribution in [-0.4, -0.2) is 43.3 Å². The Morgan fingerprint density at radius 3 is 2.65 bits per heavy atom. The third-order valence-corrected chi connectivity index (χ3v) is 5.03. The number of fused-ring (bicyclic) bond motifs is 1. The van der Waals surface area contributed by atoms with E-state index in [9.17, 15) is 9.59 Å². The van der Waals surface area contributed by atoms with Gasteiger partial charge in [0.25, 0.3) is 5.91 Å². The molecule has 0 bridgehead atoms. The summed E-state index contributed by atoms with van der Waals surface area (Å²) in [6, 6.07) is 13.2. The maximum absolute atomic E-state index is 12.7. The Balaban J connectivity index is 1.63. The molecule has 1 saturated heterocycles. The molecule has 1 amide bonds. The zero-order chi connectivity index (χ0) is 17.9. The van der Waals surface area contributed by atoms with Crippen molar-refractivity contribution >= 4 is 23.6 Å². The molecule has 0 N–H and O–H groups in total. The molecule has 5 heteroatoms.